The summed E-state index contributed by atoms with van der Waals surface area (Å²) in [7, 11) is 0. The first-order valence-electron chi connectivity index (χ1n) is 11.6. The lowest BCUT2D eigenvalue weighted by atomic mass is 9.73. The SMILES string of the molecule is Cc1nc(N2CCC3(CC2)Cc2cc(C(N)=O)ccc2[C@H]3N)c(CO)nc1-c1cccc(Cl)c1Cl. The molecular formula is C26H27Cl2N5O2. The second-order valence-electron chi connectivity index (χ2n) is 9.47. The molecule has 7 nitrogen and oxygen atoms in total. The van der Waals surface area contributed by atoms with E-state index >= 15 is 0 Å². The molecule has 182 valence electrons. The van der Waals surface area contributed by atoms with Crippen LogP contribution in [-0.4, -0.2) is 34.1 Å². The highest BCUT2D eigenvalue weighted by atomic mass is 35.5. The normalized spacial score (nSPS) is 18.7. The van der Waals surface area contributed by atoms with Gasteiger partial charge in [0, 0.05) is 30.3 Å². The molecule has 2 aliphatic rings. The molecule has 1 aromatic heterocycles. The Balaban J connectivity index is 1.40. The molecule has 1 aliphatic heterocycles. The van der Waals surface area contributed by atoms with Crippen LogP contribution in [0.25, 0.3) is 11.3 Å². The molecule has 0 bridgehead atoms. The van der Waals surface area contributed by atoms with Gasteiger partial charge in [-0.2, -0.15) is 0 Å². The second-order valence-corrected chi connectivity index (χ2v) is 10.3. The second kappa shape index (κ2) is 9.06. The Morgan fingerprint density at radius 2 is 1.94 bits per heavy atom. The number of fused-ring (bicyclic) bond motifs is 1. The first-order chi connectivity index (χ1) is 16.7. The zero-order valence-electron chi connectivity index (χ0n) is 19.4. The van der Waals surface area contributed by atoms with Crippen molar-refractivity contribution >= 4 is 34.9 Å². The summed E-state index contributed by atoms with van der Waals surface area (Å²) in [4.78, 5) is 23.4. The van der Waals surface area contributed by atoms with E-state index < -0.39 is 5.91 Å². The minimum Gasteiger partial charge on any atom is -0.390 e. The average molecular weight is 512 g/mol. The van der Waals surface area contributed by atoms with Crippen LogP contribution in [0.4, 0.5) is 5.82 Å². The van der Waals surface area contributed by atoms with Gasteiger partial charge in [-0.1, -0.05) is 41.4 Å². The molecule has 1 spiro atoms. The maximum Gasteiger partial charge on any atom is 0.248 e. The molecule has 1 fully saturated rings. The molecule has 5 rings (SSSR count). The number of halogens is 2. The molecule has 1 saturated heterocycles. The molecule has 2 aromatic carbocycles. The van der Waals surface area contributed by atoms with Crippen molar-refractivity contribution < 1.29 is 9.90 Å². The van der Waals surface area contributed by atoms with Crippen LogP contribution in [0.2, 0.25) is 10.0 Å². The van der Waals surface area contributed by atoms with Gasteiger partial charge in [0.2, 0.25) is 5.91 Å². The number of amides is 1. The van der Waals surface area contributed by atoms with E-state index in [0.717, 1.165) is 43.5 Å². The molecule has 1 aliphatic carbocycles. The number of nitrogens with zero attached hydrogens (tertiary/aromatic N) is 3. The van der Waals surface area contributed by atoms with Gasteiger partial charge in [-0.15, -0.1) is 0 Å². The third-order valence-electron chi connectivity index (χ3n) is 7.50. The van der Waals surface area contributed by atoms with Gasteiger partial charge in [-0.05, 0) is 60.9 Å². The molecule has 0 unspecified atom stereocenters. The van der Waals surface area contributed by atoms with Gasteiger partial charge in [-0.25, -0.2) is 9.97 Å². The summed E-state index contributed by atoms with van der Waals surface area (Å²) in [6.45, 7) is 3.12. The number of rotatable bonds is 4. The Labute approximate surface area is 214 Å². The van der Waals surface area contributed by atoms with E-state index in [1.165, 1.54) is 0 Å². The van der Waals surface area contributed by atoms with E-state index in [4.69, 9.17) is 44.6 Å². The van der Waals surface area contributed by atoms with Gasteiger partial charge in [0.25, 0.3) is 0 Å². The number of hydrogen-bond acceptors (Lipinski definition) is 6. The Bertz CT molecular complexity index is 1320. The van der Waals surface area contributed by atoms with Crippen molar-refractivity contribution in [1.29, 1.82) is 0 Å². The lowest BCUT2D eigenvalue weighted by Crippen LogP contribution is -2.45. The predicted octanol–water partition coefficient (Wildman–Crippen LogP) is 4.19. The topological polar surface area (TPSA) is 118 Å². The molecule has 1 amide bonds. The number of carbonyl (C=O) groups excluding carboxylic acids is 1. The highest BCUT2D eigenvalue weighted by Gasteiger charge is 2.46. The van der Waals surface area contributed by atoms with Crippen LogP contribution >= 0.6 is 23.2 Å². The van der Waals surface area contributed by atoms with Crippen molar-refractivity contribution in [2.24, 2.45) is 16.9 Å². The number of benzene rings is 2. The fourth-order valence-corrected chi connectivity index (χ4v) is 5.92. The summed E-state index contributed by atoms with van der Waals surface area (Å²) in [5, 5.41) is 11.0. The Kier molecular flexibility index (Phi) is 6.21. The molecule has 0 saturated carbocycles. The summed E-state index contributed by atoms with van der Waals surface area (Å²) in [5.41, 5.74) is 17.4. The summed E-state index contributed by atoms with van der Waals surface area (Å²) < 4.78 is 0. The van der Waals surface area contributed by atoms with Crippen LogP contribution in [0.3, 0.4) is 0 Å². The maximum atomic E-state index is 11.6. The van der Waals surface area contributed by atoms with E-state index in [1.54, 1.807) is 12.1 Å². The van der Waals surface area contributed by atoms with Crippen molar-refractivity contribution in [3.63, 3.8) is 0 Å². The van der Waals surface area contributed by atoms with Crippen LogP contribution in [-0.2, 0) is 13.0 Å². The quantitative estimate of drug-likeness (QED) is 0.483. The largest absolute Gasteiger partial charge is 0.390 e. The van der Waals surface area contributed by atoms with Gasteiger partial charge in [-0.3, -0.25) is 4.79 Å². The first-order valence-corrected chi connectivity index (χ1v) is 12.4. The van der Waals surface area contributed by atoms with Gasteiger partial charge in [0.1, 0.15) is 5.69 Å². The van der Waals surface area contributed by atoms with Crippen LogP contribution in [0.5, 0.6) is 0 Å². The highest BCUT2D eigenvalue weighted by Crippen LogP contribution is 2.51. The Morgan fingerprint density at radius 3 is 2.63 bits per heavy atom. The van der Waals surface area contributed by atoms with Gasteiger partial charge < -0.3 is 21.5 Å². The molecule has 5 N–H and O–H groups in total. The standard InChI is InChI=1S/C26H27Cl2N5O2/c1-14-22(18-3-2-4-19(27)21(18)28)32-20(13-34)25(31-14)33-9-7-26(8-10-33)12-16-11-15(24(30)35)5-6-17(16)23(26)29/h2-6,11,23,34H,7-10,12-13,29H2,1H3,(H2,30,35)/t23-/m1/s1. The molecule has 3 aromatic rings. The lowest BCUT2D eigenvalue weighted by Gasteiger charge is -2.43. The maximum absolute atomic E-state index is 11.6. The number of aliphatic hydroxyl groups excluding tert-OH is 1. The number of aryl methyl sites for hydroxylation is 1. The molecule has 35 heavy (non-hydrogen) atoms. The minimum absolute atomic E-state index is 0.0782. The summed E-state index contributed by atoms with van der Waals surface area (Å²) in [6, 6.07) is 10.9. The highest BCUT2D eigenvalue weighted by molar-refractivity contribution is 6.43. The van der Waals surface area contributed by atoms with Crippen molar-refractivity contribution in [1.82, 2.24) is 9.97 Å². The van der Waals surface area contributed by atoms with Crippen molar-refractivity contribution in [3.05, 3.63) is 74.5 Å². The summed E-state index contributed by atoms with van der Waals surface area (Å²) >= 11 is 12.6. The number of primary amides is 1. The van der Waals surface area contributed by atoms with Crippen molar-refractivity contribution in [2.45, 2.75) is 38.8 Å². The smallest absolute Gasteiger partial charge is 0.248 e. The van der Waals surface area contributed by atoms with Gasteiger partial charge in [0.15, 0.2) is 5.82 Å². The predicted molar refractivity (Wildman–Crippen MR) is 138 cm³/mol. The minimum atomic E-state index is -0.426. The molecular weight excluding hydrogens is 485 g/mol. The molecule has 2 heterocycles. The third kappa shape index (κ3) is 4.06. The number of hydrogen-bond donors (Lipinski definition) is 3. The number of carbonyl (C=O) groups is 1. The van der Waals surface area contributed by atoms with Crippen LogP contribution in [0.15, 0.2) is 36.4 Å². The van der Waals surface area contributed by atoms with Crippen LogP contribution in [0, 0.1) is 12.3 Å². The summed E-state index contributed by atoms with van der Waals surface area (Å²) in [5.74, 6) is 0.256. The lowest BCUT2D eigenvalue weighted by molar-refractivity contribution is 0.1000. The third-order valence-corrected chi connectivity index (χ3v) is 8.32. The zero-order chi connectivity index (χ0) is 24.9. The molecule has 1 atom stereocenters. The number of anilines is 1. The van der Waals surface area contributed by atoms with Crippen LogP contribution in [0.1, 0.15) is 51.8 Å². The molecule has 0 radical (unpaired) electrons. The summed E-state index contributed by atoms with van der Waals surface area (Å²) in [6.07, 6.45) is 2.55. The fourth-order valence-electron chi connectivity index (χ4n) is 5.53. The van der Waals surface area contributed by atoms with Gasteiger partial charge >= 0.3 is 0 Å². The van der Waals surface area contributed by atoms with Gasteiger partial charge in [0.05, 0.1) is 28.0 Å². The van der Waals surface area contributed by atoms with Crippen molar-refractivity contribution in [3.8, 4) is 11.3 Å². The Hall–Kier alpha value is -2.71. The molecule has 9 heteroatoms. The van der Waals surface area contributed by atoms with Crippen molar-refractivity contribution in [2.75, 3.05) is 18.0 Å². The van der Waals surface area contributed by atoms with Crippen LogP contribution < -0.4 is 16.4 Å². The van der Waals surface area contributed by atoms with E-state index in [2.05, 4.69) is 4.90 Å². The average Bonchev–Trinajstić information content (AvgIpc) is 3.11. The number of aromatic nitrogens is 2. The van der Waals surface area contributed by atoms with E-state index in [-0.39, 0.29) is 18.1 Å². The van der Waals surface area contributed by atoms with E-state index in [9.17, 15) is 9.90 Å². The van der Waals surface area contributed by atoms with E-state index in [0.29, 0.717) is 44.1 Å². The Morgan fingerprint density at radius 1 is 1.20 bits per heavy atom. The van der Waals surface area contributed by atoms with E-state index in [1.807, 2.05) is 31.2 Å². The number of nitrogens with two attached hydrogens (primary N) is 2. The zero-order valence-corrected chi connectivity index (χ0v) is 20.9. The number of aliphatic hydroxyl groups is 1. The first kappa shape index (κ1) is 24.0. The fraction of sp³-hybridized carbons (Fsp3) is 0.346. The monoisotopic (exact) mass is 511 g/mol. The number of piperidine rings is 1.